The highest BCUT2D eigenvalue weighted by Crippen LogP contribution is 1.96. The molecule has 0 aromatic rings. The second kappa shape index (κ2) is 5.41. The number of aliphatic carboxylic acids is 1. The fourth-order valence-electron chi connectivity index (χ4n) is 0.520. The Morgan fingerprint density at radius 3 is 2.36 bits per heavy atom. The van der Waals surface area contributed by atoms with Gasteiger partial charge in [-0.05, 0) is 19.9 Å². The molecule has 1 N–H and O–H groups in total. The van der Waals surface area contributed by atoms with E-state index in [9.17, 15) is 4.79 Å². The number of carbonyl (C=O) groups is 1. The van der Waals surface area contributed by atoms with Crippen LogP contribution < -0.4 is 0 Å². The SMILES string of the molecule is C\C=N/C(=C\C)/C=C/C(=O)O. The first-order valence-electron chi connectivity index (χ1n) is 3.26. The van der Waals surface area contributed by atoms with Gasteiger partial charge in [0.25, 0.3) is 0 Å². The number of hydrogen-bond acceptors (Lipinski definition) is 2. The van der Waals surface area contributed by atoms with Gasteiger partial charge in [0.2, 0.25) is 0 Å². The van der Waals surface area contributed by atoms with Gasteiger partial charge in [0, 0.05) is 12.3 Å². The lowest BCUT2D eigenvalue weighted by Gasteiger charge is -1.87. The normalized spacial score (nSPS) is 13.1. The van der Waals surface area contributed by atoms with E-state index in [0.717, 1.165) is 6.08 Å². The Kier molecular flexibility index (Phi) is 4.73. The van der Waals surface area contributed by atoms with Gasteiger partial charge in [-0.1, -0.05) is 6.08 Å². The maximum Gasteiger partial charge on any atom is 0.328 e. The van der Waals surface area contributed by atoms with Crippen LogP contribution in [0, 0.1) is 0 Å². The van der Waals surface area contributed by atoms with Crippen LogP contribution >= 0.6 is 0 Å². The summed E-state index contributed by atoms with van der Waals surface area (Å²) in [5, 5.41) is 8.26. The number of rotatable bonds is 3. The van der Waals surface area contributed by atoms with Gasteiger partial charge in [-0.3, -0.25) is 4.99 Å². The molecule has 0 radical (unpaired) electrons. The predicted octanol–water partition coefficient (Wildman–Crippen LogP) is 1.62. The van der Waals surface area contributed by atoms with Gasteiger partial charge >= 0.3 is 5.97 Å². The Morgan fingerprint density at radius 2 is 2.00 bits per heavy atom. The van der Waals surface area contributed by atoms with Crippen molar-refractivity contribution in [2.45, 2.75) is 13.8 Å². The van der Waals surface area contributed by atoms with E-state index in [1.165, 1.54) is 6.08 Å². The Labute approximate surface area is 65.8 Å². The summed E-state index contributed by atoms with van der Waals surface area (Å²) in [7, 11) is 0. The molecular weight excluding hydrogens is 142 g/mol. The fraction of sp³-hybridized carbons (Fsp3) is 0.250. The molecule has 11 heavy (non-hydrogen) atoms. The van der Waals surface area contributed by atoms with Crippen LogP contribution in [0.1, 0.15) is 13.8 Å². The molecule has 0 fully saturated rings. The van der Waals surface area contributed by atoms with Crippen LogP contribution in [0.4, 0.5) is 0 Å². The molecule has 3 heteroatoms. The maximum absolute atomic E-state index is 10.1. The highest BCUT2D eigenvalue weighted by Gasteiger charge is 1.86. The van der Waals surface area contributed by atoms with E-state index < -0.39 is 5.97 Å². The topological polar surface area (TPSA) is 49.7 Å². The van der Waals surface area contributed by atoms with Gasteiger partial charge in [0.05, 0.1) is 5.70 Å². The van der Waals surface area contributed by atoms with E-state index in [4.69, 9.17) is 5.11 Å². The van der Waals surface area contributed by atoms with E-state index in [2.05, 4.69) is 4.99 Å². The molecular formula is C8H11NO2. The van der Waals surface area contributed by atoms with Crippen LogP contribution in [0.25, 0.3) is 0 Å². The second-order valence-electron chi connectivity index (χ2n) is 1.77. The largest absolute Gasteiger partial charge is 0.478 e. The molecule has 0 aromatic heterocycles. The molecule has 0 saturated heterocycles. The molecule has 0 spiro atoms. The van der Waals surface area contributed by atoms with Crippen LogP contribution in [0.3, 0.4) is 0 Å². The Hall–Kier alpha value is -1.38. The molecule has 0 atom stereocenters. The standard InChI is InChI=1S/C8H11NO2/c1-3-7(9-4-2)5-6-8(10)11/h3-6H,1-2H3,(H,10,11)/b6-5+,7-3-,9-4-. The van der Waals surface area contributed by atoms with Crippen molar-refractivity contribution in [3.05, 3.63) is 23.9 Å². The van der Waals surface area contributed by atoms with Gasteiger partial charge < -0.3 is 5.11 Å². The Morgan fingerprint density at radius 1 is 1.36 bits per heavy atom. The quantitative estimate of drug-likeness (QED) is 0.380. The van der Waals surface area contributed by atoms with Crippen LogP contribution in [0.5, 0.6) is 0 Å². The molecule has 0 rings (SSSR count). The van der Waals surface area contributed by atoms with Crippen LogP contribution in [-0.2, 0) is 4.79 Å². The van der Waals surface area contributed by atoms with E-state index in [1.54, 1.807) is 26.1 Å². The Balaban J connectivity index is 4.21. The first kappa shape index (κ1) is 9.62. The number of aliphatic imine (C=N–C) groups is 1. The van der Waals surface area contributed by atoms with Crippen molar-refractivity contribution in [2.24, 2.45) is 4.99 Å². The minimum atomic E-state index is -0.962. The highest BCUT2D eigenvalue weighted by molar-refractivity contribution is 5.80. The van der Waals surface area contributed by atoms with Gasteiger partial charge in [0.1, 0.15) is 0 Å². The Bertz CT molecular complexity index is 214. The molecule has 0 aliphatic heterocycles. The first-order valence-corrected chi connectivity index (χ1v) is 3.26. The minimum absolute atomic E-state index is 0.648. The molecule has 0 saturated carbocycles. The smallest absolute Gasteiger partial charge is 0.328 e. The van der Waals surface area contributed by atoms with Gasteiger partial charge in [-0.25, -0.2) is 4.79 Å². The molecule has 3 nitrogen and oxygen atoms in total. The van der Waals surface area contributed by atoms with E-state index in [1.807, 2.05) is 0 Å². The summed E-state index contributed by atoms with van der Waals surface area (Å²) in [6, 6.07) is 0. The zero-order valence-electron chi connectivity index (χ0n) is 6.61. The van der Waals surface area contributed by atoms with E-state index in [0.29, 0.717) is 5.70 Å². The number of nitrogens with zero attached hydrogens (tertiary/aromatic N) is 1. The van der Waals surface area contributed by atoms with E-state index >= 15 is 0 Å². The lowest BCUT2D eigenvalue weighted by atomic mass is 10.3. The number of hydrogen-bond donors (Lipinski definition) is 1. The van der Waals surface area contributed by atoms with Crippen molar-refractivity contribution in [3.63, 3.8) is 0 Å². The minimum Gasteiger partial charge on any atom is -0.478 e. The fourth-order valence-corrected chi connectivity index (χ4v) is 0.520. The molecule has 0 aliphatic rings. The van der Waals surface area contributed by atoms with Crippen LogP contribution in [0.2, 0.25) is 0 Å². The maximum atomic E-state index is 10.1. The molecule has 0 unspecified atom stereocenters. The number of carboxylic acids is 1. The van der Waals surface area contributed by atoms with Crippen LogP contribution in [0.15, 0.2) is 28.9 Å². The van der Waals surface area contributed by atoms with Crippen molar-refractivity contribution in [3.8, 4) is 0 Å². The zero-order chi connectivity index (χ0) is 8.69. The molecule has 0 heterocycles. The number of allylic oxidation sites excluding steroid dienone is 2. The van der Waals surface area contributed by atoms with Gasteiger partial charge in [-0.2, -0.15) is 0 Å². The summed E-state index contributed by atoms with van der Waals surface area (Å²) >= 11 is 0. The third-order valence-corrected chi connectivity index (χ3v) is 0.971. The second-order valence-corrected chi connectivity index (χ2v) is 1.77. The third-order valence-electron chi connectivity index (χ3n) is 0.971. The predicted molar refractivity (Wildman–Crippen MR) is 44.7 cm³/mol. The third kappa shape index (κ3) is 5.08. The average molecular weight is 153 g/mol. The average Bonchev–Trinajstić information content (AvgIpc) is 1.97. The summed E-state index contributed by atoms with van der Waals surface area (Å²) in [4.78, 5) is 14.0. The first-order chi connectivity index (χ1) is 5.20. The van der Waals surface area contributed by atoms with Crippen molar-refractivity contribution in [1.29, 1.82) is 0 Å². The number of carboxylic acid groups (broad SMARTS) is 1. The van der Waals surface area contributed by atoms with Crippen LogP contribution in [-0.4, -0.2) is 17.3 Å². The molecule has 0 bridgehead atoms. The summed E-state index contributed by atoms with van der Waals surface area (Å²) < 4.78 is 0. The summed E-state index contributed by atoms with van der Waals surface area (Å²) in [5.74, 6) is -0.962. The lowest BCUT2D eigenvalue weighted by Crippen LogP contribution is -1.86. The highest BCUT2D eigenvalue weighted by atomic mass is 16.4. The van der Waals surface area contributed by atoms with E-state index in [-0.39, 0.29) is 0 Å². The van der Waals surface area contributed by atoms with Crippen molar-refractivity contribution >= 4 is 12.2 Å². The molecule has 0 aromatic carbocycles. The van der Waals surface area contributed by atoms with Crippen molar-refractivity contribution < 1.29 is 9.90 Å². The van der Waals surface area contributed by atoms with Crippen molar-refractivity contribution in [2.75, 3.05) is 0 Å². The summed E-state index contributed by atoms with van der Waals surface area (Å²) in [6.45, 7) is 3.58. The lowest BCUT2D eigenvalue weighted by molar-refractivity contribution is -0.131. The van der Waals surface area contributed by atoms with Gasteiger partial charge in [0.15, 0.2) is 0 Å². The van der Waals surface area contributed by atoms with Gasteiger partial charge in [-0.15, -0.1) is 0 Å². The van der Waals surface area contributed by atoms with Crippen molar-refractivity contribution in [1.82, 2.24) is 0 Å². The zero-order valence-corrected chi connectivity index (χ0v) is 6.61. The molecule has 0 aliphatic carbocycles. The summed E-state index contributed by atoms with van der Waals surface area (Å²) in [6.07, 6.45) is 5.85. The summed E-state index contributed by atoms with van der Waals surface area (Å²) in [5.41, 5.74) is 0.648. The molecule has 0 amide bonds. The monoisotopic (exact) mass is 153 g/mol. The molecule has 60 valence electrons.